The quantitative estimate of drug-likeness (QED) is 0.298. The summed E-state index contributed by atoms with van der Waals surface area (Å²) in [4.78, 5) is 22.2. The van der Waals surface area contributed by atoms with E-state index in [-0.39, 0.29) is 22.3 Å². The van der Waals surface area contributed by atoms with Crippen LogP contribution in [0.5, 0.6) is 0 Å². The Morgan fingerprint density at radius 1 is 0.857 bits per heavy atom. The Hall–Kier alpha value is 0.159. The van der Waals surface area contributed by atoms with Gasteiger partial charge in [0, 0.05) is 30.2 Å². The first kappa shape index (κ1) is 26.1. The van der Waals surface area contributed by atoms with Gasteiger partial charge in [0.15, 0.2) is 0 Å². The van der Waals surface area contributed by atoms with Gasteiger partial charge in [-0.3, -0.25) is 9.59 Å². The van der Waals surface area contributed by atoms with Crippen LogP contribution < -0.4 is 5.73 Å². The summed E-state index contributed by atoms with van der Waals surface area (Å²) in [5.74, 6) is 0. The van der Waals surface area contributed by atoms with Crippen LogP contribution in [0.2, 0.25) is 0 Å². The zero-order valence-electron chi connectivity index (χ0n) is 13.2. The van der Waals surface area contributed by atoms with E-state index in [2.05, 4.69) is 44.8 Å². The minimum Gasteiger partial charge on any atom is -0.361 e. The molecule has 0 heterocycles. The molecule has 0 aromatic carbocycles. The number of rotatable bonds is 10. The number of hydrogen-bond acceptors (Lipinski definition) is 2. The van der Waals surface area contributed by atoms with Crippen molar-refractivity contribution in [1.82, 2.24) is 4.90 Å². The van der Waals surface area contributed by atoms with Crippen molar-refractivity contribution in [1.29, 1.82) is 0 Å². The molecule has 0 radical (unpaired) electrons. The fourth-order valence-electron chi connectivity index (χ4n) is 1.76. The number of primary amides is 1. The van der Waals surface area contributed by atoms with E-state index in [0.29, 0.717) is 0 Å². The van der Waals surface area contributed by atoms with Crippen LogP contribution in [0.3, 0.4) is 0 Å². The van der Waals surface area contributed by atoms with Gasteiger partial charge in [-0.15, -0.1) is 0 Å². The SMILES string of the molecule is CCCCCCN(CCCCCC)C(=O)S.NC(=O)S.[Fe]. The summed E-state index contributed by atoms with van der Waals surface area (Å²) in [5.41, 5.74) is 4.34. The molecule has 0 bridgehead atoms. The molecule has 0 spiro atoms. The van der Waals surface area contributed by atoms with Crippen LogP contribution in [0.1, 0.15) is 65.2 Å². The molecule has 7 heteroatoms. The summed E-state index contributed by atoms with van der Waals surface area (Å²) >= 11 is 7.04. The maximum atomic E-state index is 11.3. The molecule has 0 aliphatic heterocycles. The van der Waals surface area contributed by atoms with Crippen LogP contribution in [0, 0.1) is 0 Å². The molecule has 128 valence electrons. The van der Waals surface area contributed by atoms with Gasteiger partial charge in [0.2, 0.25) is 0 Å². The summed E-state index contributed by atoms with van der Waals surface area (Å²) in [6, 6.07) is 0. The summed E-state index contributed by atoms with van der Waals surface area (Å²) in [5, 5.41) is -0.701. The van der Waals surface area contributed by atoms with Crippen molar-refractivity contribution in [3.05, 3.63) is 0 Å². The molecule has 0 aliphatic carbocycles. The molecule has 0 aromatic heterocycles. The first-order chi connectivity index (χ1) is 9.45. The van der Waals surface area contributed by atoms with Gasteiger partial charge in [0.25, 0.3) is 10.5 Å². The van der Waals surface area contributed by atoms with Crippen molar-refractivity contribution in [3.8, 4) is 0 Å². The number of nitrogens with zero attached hydrogens (tertiary/aromatic N) is 1. The largest absolute Gasteiger partial charge is 0.361 e. The average molecular weight is 378 g/mol. The van der Waals surface area contributed by atoms with Crippen molar-refractivity contribution < 1.29 is 26.7 Å². The second-order valence-corrected chi connectivity index (χ2v) is 5.55. The number of carbonyl (C=O) groups is 2. The number of amides is 2. The molecule has 0 saturated heterocycles. The monoisotopic (exact) mass is 378 g/mol. The fourth-order valence-corrected chi connectivity index (χ4v) is 1.96. The minimum atomic E-state index is -0.639. The van der Waals surface area contributed by atoms with Gasteiger partial charge in [-0.1, -0.05) is 77.6 Å². The second kappa shape index (κ2) is 20.2. The Morgan fingerprint density at radius 3 is 1.43 bits per heavy atom. The van der Waals surface area contributed by atoms with Gasteiger partial charge in [0.1, 0.15) is 0 Å². The Bertz CT molecular complexity index is 241. The van der Waals surface area contributed by atoms with Crippen LogP contribution in [-0.2, 0) is 17.1 Å². The van der Waals surface area contributed by atoms with Gasteiger partial charge in [0.05, 0.1) is 0 Å². The van der Waals surface area contributed by atoms with Crippen LogP contribution in [-0.4, -0.2) is 28.5 Å². The number of thiol groups is 2. The molecular formula is C14H30FeN2O2S2. The maximum Gasteiger partial charge on any atom is 0.278 e. The Balaban J connectivity index is -0.000000572. The Labute approximate surface area is 151 Å². The zero-order chi connectivity index (χ0) is 15.8. The average Bonchev–Trinajstić information content (AvgIpc) is 2.36. The third-order valence-electron chi connectivity index (χ3n) is 2.83. The number of nitrogens with two attached hydrogens (primary N) is 1. The van der Waals surface area contributed by atoms with Crippen molar-refractivity contribution in [3.63, 3.8) is 0 Å². The summed E-state index contributed by atoms with van der Waals surface area (Å²) in [6.45, 7) is 6.17. The number of unbranched alkanes of at least 4 members (excludes halogenated alkanes) is 6. The van der Waals surface area contributed by atoms with E-state index < -0.39 is 5.24 Å². The first-order valence-electron chi connectivity index (χ1n) is 7.41. The predicted molar refractivity (Wildman–Crippen MR) is 92.8 cm³/mol. The van der Waals surface area contributed by atoms with Crippen LogP contribution in [0.15, 0.2) is 0 Å². The zero-order valence-corrected chi connectivity index (χ0v) is 16.1. The topological polar surface area (TPSA) is 63.4 Å². The van der Waals surface area contributed by atoms with Gasteiger partial charge in [-0.2, -0.15) is 0 Å². The van der Waals surface area contributed by atoms with E-state index in [1.54, 1.807) is 0 Å². The Kier molecular flexibility index (Phi) is 25.0. The molecule has 2 amide bonds. The van der Waals surface area contributed by atoms with Crippen LogP contribution >= 0.6 is 25.3 Å². The number of hydrogen-bond donors (Lipinski definition) is 3. The third kappa shape index (κ3) is 25.5. The molecule has 0 aliphatic rings. The van der Waals surface area contributed by atoms with E-state index in [9.17, 15) is 4.79 Å². The van der Waals surface area contributed by atoms with Crippen molar-refractivity contribution in [2.75, 3.05) is 13.1 Å². The fraction of sp³-hybridized carbons (Fsp3) is 0.857. The molecule has 0 saturated carbocycles. The Morgan fingerprint density at radius 2 is 1.19 bits per heavy atom. The van der Waals surface area contributed by atoms with Gasteiger partial charge >= 0.3 is 0 Å². The molecule has 0 aromatic rings. The van der Waals surface area contributed by atoms with E-state index in [1.165, 1.54) is 38.5 Å². The normalized spacial score (nSPS) is 9.14. The van der Waals surface area contributed by atoms with E-state index in [0.717, 1.165) is 25.9 Å². The maximum absolute atomic E-state index is 11.3. The van der Waals surface area contributed by atoms with E-state index in [4.69, 9.17) is 4.79 Å². The molecule has 0 rings (SSSR count). The predicted octanol–water partition coefficient (Wildman–Crippen LogP) is 4.49. The molecular weight excluding hydrogens is 348 g/mol. The van der Waals surface area contributed by atoms with E-state index in [1.807, 2.05) is 4.90 Å². The summed E-state index contributed by atoms with van der Waals surface area (Å²) < 4.78 is 0. The molecule has 4 nitrogen and oxygen atoms in total. The summed E-state index contributed by atoms with van der Waals surface area (Å²) in [7, 11) is 0. The molecule has 2 N–H and O–H groups in total. The van der Waals surface area contributed by atoms with Crippen LogP contribution in [0.4, 0.5) is 9.59 Å². The number of carbonyl (C=O) groups excluding carboxylic acids is 2. The van der Waals surface area contributed by atoms with Crippen LogP contribution in [0.25, 0.3) is 0 Å². The van der Waals surface area contributed by atoms with Crippen molar-refractivity contribution >= 4 is 35.7 Å². The second-order valence-electron chi connectivity index (χ2n) is 4.73. The van der Waals surface area contributed by atoms with Gasteiger partial charge in [-0.05, 0) is 12.8 Å². The summed E-state index contributed by atoms with van der Waals surface area (Å²) in [6.07, 6.45) is 9.71. The molecule has 0 unspecified atom stereocenters. The minimum absolute atomic E-state index is 0. The first-order valence-corrected chi connectivity index (χ1v) is 8.31. The smallest absolute Gasteiger partial charge is 0.278 e. The molecule has 0 fully saturated rings. The van der Waals surface area contributed by atoms with Crippen molar-refractivity contribution in [2.24, 2.45) is 5.73 Å². The standard InChI is InChI=1S/C13H27NOS.CH3NOS.Fe/c1-3-5-7-9-11-14(13(15)16)12-10-8-6-4-2;2-1(3)4;/h3-12H2,1-2H3,(H,15,16);(H3,2,3,4);. The van der Waals surface area contributed by atoms with Crippen molar-refractivity contribution in [2.45, 2.75) is 65.2 Å². The molecule has 21 heavy (non-hydrogen) atoms. The molecule has 0 atom stereocenters. The van der Waals surface area contributed by atoms with Gasteiger partial charge < -0.3 is 10.6 Å². The van der Waals surface area contributed by atoms with E-state index >= 15 is 0 Å². The van der Waals surface area contributed by atoms with Gasteiger partial charge in [-0.25, -0.2) is 0 Å². The third-order valence-corrected chi connectivity index (χ3v) is 3.12.